The molecule has 2 aliphatic rings. The van der Waals surface area contributed by atoms with Gasteiger partial charge in [0.15, 0.2) is 0 Å². The fraction of sp³-hybridized carbons (Fsp3) is 0.150. The van der Waals surface area contributed by atoms with E-state index in [0.29, 0.717) is 15.6 Å². The third-order valence-electron chi connectivity index (χ3n) is 4.38. The Balaban J connectivity index is 1.78. The van der Waals surface area contributed by atoms with Gasteiger partial charge in [-0.25, -0.2) is 0 Å². The van der Waals surface area contributed by atoms with Crippen LogP contribution in [0.15, 0.2) is 64.0 Å². The first-order valence-corrected chi connectivity index (χ1v) is 9.51. The molecule has 4 nitrogen and oxygen atoms in total. The number of thiocarbonyl (C=S) groups is 1. The maximum Gasteiger partial charge on any atom is 0.266 e. The number of aliphatic hydroxyl groups is 1. The number of rotatable bonds is 3. The Morgan fingerprint density at radius 2 is 2.00 bits per heavy atom. The van der Waals surface area contributed by atoms with E-state index in [-0.39, 0.29) is 19.1 Å². The van der Waals surface area contributed by atoms with Gasteiger partial charge in [-0.2, -0.15) is 0 Å². The summed E-state index contributed by atoms with van der Waals surface area (Å²) in [6.45, 7) is 0.128. The van der Waals surface area contributed by atoms with Crippen molar-refractivity contribution in [3.05, 3.63) is 64.6 Å². The zero-order valence-electron chi connectivity index (χ0n) is 13.9. The molecule has 0 aromatic heterocycles. The lowest BCUT2D eigenvalue weighted by atomic mass is 9.99. The van der Waals surface area contributed by atoms with Gasteiger partial charge in [0.1, 0.15) is 4.32 Å². The molecule has 0 spiro atoms. The summed E-state index contributed by atoms with van der Waals surface area (Å²) in [5.41, 5.74) is 2.80. The zero-order chi connectivity index (χ0) is 18.1. The Morgan fingerprint density at radius 3 is 2.85 bits per heavy atom. The monoisotopic (exact) mass is 380 g/mol. The number of aliphatic hydroxyl groups excluding tert-OH is 1. The molecule has 1 N–H and O–H groups in total. The number of hydrogen-bond donors (Lipinski definition) is 1. The summed E-state index contributed by atoms with van der Waals surface area (Å²) in [5, 5.41) is 11.4. The highest BCUT2D eigenvalue weighted by Crippen LogP contribution is 2.37. The maximum atomic E-state index is 12.6. The summed E-state index contributed by atoms with van der Waals surface area (Å²) in [5.74, 6) is -0.132. The van der Waals surface area contributed by atoms with Crippen LogP contribution in [0.5, 0.6) is 0 Å². The molecule has 2 aromatic carbocycles. The van der Waals surface area contributed by atoms with Gasteiger partial charge in [0.25, 0.3) is 5.91 Å². The number of aliphatic imine (C=N–C) groups is 1. The summed E-state index contributed by atoms with van der Waals surface area (Å²) in [6.07, 6.45) is 4.41. The van der Waals surface area contributed by atoms with Crippen molar-refractivity contribution in [3.8, 4) is 0 Å². The number of β-amino-alcohol motifs (C(OH)–C–C–N with tert-alkyl or cyclic N) is 1. The quantitative estimate of drug-likeness (QED) is 0.651. The molecule has 1 amide bonds. The number of amides is 1. The molecule has 2 aliphatic heterocycles. The Morgan fingerprint density at radius 1 is 1.19 bits per heavy atom. The maximum absolute atomic E-state index is 12.6. The third-order valence-corrected chi connectivity index (χ3v) is 5.89. The second-order valence-electron chi connectivity index (χ2n) is 5.97. The summed E-state index contributed by atoms with van der Waals surface area (Å²) in [7, 11) is 0. The van der Waals surface area contributed by atoms with Gasteiger partial charge in [-0.3, -0.25) is 14.7 Å². The Hall–Kier alpha value is -2.28. The summed E-state index contributed by atoms with van der Waals surface area (Å²) >= 11 is 6.58. The molecule has 6 heteroatoms. The second-order valence-corrected chi connectivity index (χ2v) is 7.62. The normalized spacial score (nSPS) is 20.2. The fourth-order valence-electron chi connectivity index (χ4n) is 3.15. The summed E-state index contributed by atoms with van der Waals surface area (Å²) in [4.78, 5) is 19.3. The molecule has 0 aliphatic carbocycles. The summed E-state index contributed by atoms with van der Waals surface area (Å²) < 4.78 is 0.495. The van der Waals surface area contributed by atoms with E-state index in [9.17, 15) is 4.79 Å². The molecular formula is C20H16N2O2S2. The largest absolute Gasteiger partial charge is 0.395 e. The number of benzene rings is 2. The third kappa shape index (κ3) is 3.00. The van der Waals surface area contributed by atoms with E-state index in [1.807, 2.05) is 36.6 Å². The van der Waals surface area contributed by atoms with Crippen molar-refractivity contribution in [3.63, 3.8) is 0 Å². The minimum atomic E-state index is -0.132. The van der Waals surface area contributed by atoms with Gasteiger partial charge in [0, 0.05) is 18.2 Å². The number of carbonyl (C=O) groups excluding carboxylic acids is 1. The van der Waals surface area contributed by atoms with Crippen molar-refractivity contribution in [1.29, 1.82) is 0 Å². The molecule has 0 bridgehead atoms. The zero-order valence-corrected chi connectivity index (χ0v) is 15.5. The molecule has 0 atom stereocenters. The van der Waals surface area contributed by atoms with Crippen molar-refractivity contribution in [1.82, 2.24) is 4.90 Å². The van der Waals surface area contributed by atoms with Crippen LogP contribution in [-0.4, -0.2) is 39.6 Å². The minimum absolute atomic E-state index is 0.104. The van der Waals surface area contributed by atoms with E-state index in [4.69, 9.17) is 17.3 Å². The van der Waals surface area contributed by atoms with Crippen LogP contribution in [-0.2, 0) is 4.79 Å². The van der Waals surface area contributed by atoms with Gasteiger partial charge in [-0.15, -0.1) is 0 Å². The Bertz CT molecular complexity index is 1000. The molecule has 1 saturated heterocycles. The average Bonchev–Trinajstić information content (AvgIpc) is 2.96. The van der Waals surface area contributed by atoms with Crippen LogP contribution in [0.1, 0.15) is 12.0 Å². The molecule has 0 saturated carbocycles. The smallest absolute Gasteiger partial charge is 0.266 e. The van der Waals surface area contributed by atoms with Gasteiger partial charge >= 0.3 is 0 Å². The van der Waals surface area contributed by atoms with E-state index < -0.39 is 0 Å². The SMILES string of the molecule is O=C1C(=C2C=C(c3cccc4ccccc34)N=CC2)SC(=S)N1CCO. The van der Waals surface area contributed by atoms with Crippen LogP contribution in [0.25, 0.3) is 16.5 Å². The van der Waals surface area contributed by atoms with E-state index in [1.165, 1.54) is 16.7 Å². The van der Waals surface area contributed by atoms with Crippen LogP contribution in [0.3, 0.4) is 0 Å². The molecule has 1 fully saturated rings. The standard InChI is InChI=1S/C20H16N2O2S2/c23-11-10-22-19(24)18(26-20(22)25)14-8-9-21-17(12-14)16-7-3-5-13-4-1-2-6-15(13)16/h1-7,9,12,23H,8,10-11H2. The van der Waals surface area contributed by atoms with Crippen molar-refractivity contribution < 1.29 is 9.90 Å². The van der Waals surface area contributed by atoms with Crippen LogP contribution < -0.4 is 0 Å². The first kappa shape index (κ1) is 17.1. The highest BCUT2D eigenvalue weighted by Gasteiger charge is 2.33. The van der Waals surface area contributed by atoms with Gasteiger partial charge in [0.05, 0.1) is 23.8 Å². The van der Waals surface area contributed by atoms with Crippen LogP contribution in [0.4, 0.5) is 0 Å². The van der Waals surface area contributed by atoms with E-state index in [2.05, 4.69) is 23.2 Å². The molecule has 0 unspecified atom stereocenters. The van der Waals surface area contributed by atoms with E-state index >= 15 is 0 Å². The van der Waals surface area contributed by atoms with Crippen molar-refractivity contribution in [2.24, 2.45) is 4.99 Å². The number of carbonyl (C=O) groups is 1. The fourth-order valence-corrected chi connectivity index (χ4v) is 4.50. The molecule has 2 heterocycles. The predicted octanol–water partition coefficient (Wildman–Crippen LogP) is 3.76. The number of thioether (sulfide) groups is 1. The predicted molar refractivity (Wildman–Crippen MR) is 111 cm³/mol. The van der Waals surface area contributed by atoms with Crippen molar-refractivity contribution >= 4 is 56.9 Å². The number of nitrogens with zero attached hydrogens (tertiary/aromatic N) is 2. The first-order valence-electron chi connectivity index (χ1n) is 8.29. The van der Waals surface area contributed by atoms with Crippen molar-refractivity contribution in [2.75, 3.05) is 13.2 Å². The average molecular weight is 380 g/mol. The molecule has 2 aromatic rings. The first-order chi connectivity index (χ1) is 12.7. The lowest BCUT2D eigenvalue weighted by Gasteiger charge is -2.14. The van der Waals surface area contributed by atoms with Gasteiger partial charge in [-0.1, -0.05) is 66.4 Å². The van der Waals surface area contributed by atoms with Gasteiger partial charge in [0.2, 0.25) is 0 Å². The molecule has 130 valence electrons. The molecular weight excluding hydrogens is 364 g/mol. The molecule has 4 rings (SSSR count). The highest BCUT2D eigenvalue weighted by atomic mass is 32.2. The van der Waals surface area contributed by atoms with Crippen LogP contribution >= 0.6 is 24.0 Å². The number of allylic oxidation sites excluding steroid dienone is 2. The highest BCUT2D eigenvalue weighted by molar-refractivity contribution is 8.26. The lowest BCUT2D eigenvalue weighted by Crippen LogP contribution is -2.31. The van der Waals surface area contributed by atoms with Gasteiger partial charge in [-0.05, 0) is 22.4 Å². The Kier molecular flexibility index (Phi) is 4.72. The van der Waals surface area contributed by atoms with Crippen LogP contribution in [0, 0.1) is 0 Å². The topological polar surface area (TPSA) is 52.9 Å². The summed E-state index contributed by atoms with van der Waals surface area (Å²) in [6, 6.07) is 14.3. The minimum Gasteiger partial charge on any atom is -0.395 e. The van der Waals surface area contributed by atoms with E-state index in [0.717, 1.165) is 27.6 Å². The van der Waals surface area contributed by atoms with Crippen molar-refractivity contribution in [2.45, 2.75) is 6.42 Å². The molecule has 0 radical (unpaired) electrons. The Labute approximate surface area is 160 Å². The van der Waals surface area contributed by atoms with E-state index in [1.54, 1.807) is 0 Å². The lowest BCUT2D eigenvalue weighted by molar-refractivity contribution is -0.122. The van der Waals surface area contributed by atoms with Gasteiger partial charge < -0.3 is 5.11 Å². The second kappa shape index (κ2) is 7.15. The number of fused-ring (bicyclic) bond motifs is 1. The van der Waals surface area contributed by atoms with Crippen LogP contribution in [0.2, 0.25) is 0 Å². The number of hydrogen-bond acceptors (Lipinski definition) is 5. The molecule has 26 heavy (non-hydrogen) atoms.